The molecule has 8 atom stereocenters. The predicted octanol–water partition coefficient (Wildman–Crippen LogP) is 12.1. The van der Waals surface area contributed by atoms with Crippen LogP contribution < -0.4 is 10.6 Å². The van der Waals surface area contributed by atoms with E-state index in [1.165, 1.54) is 64.2 Å². The van der Waals surface area contributed by atoms with E-state index in [-0.39, 0.29) is 37.0 Å². The fourth-order valence-electron chi connectivity index (χ4n) is 8.43. The van der Waals surface area contributed by atoms with Crippen LogP contribution in [0.4, 0.5) is 4.79 Å². The zero-order valence-corrected chi connectivity index (χ0v) is 41.0. The number of unbranched alkanes of at least 4 members (excludes halogenated alkanes) is 11. The van der Waals surface area contributed by atoms with Gasteiger partial charge in [0.1, 0.15) is 18.2 Å². The molecule has 0 aliphatic carbocycles. The average molecular weight is 901 g/mol. The highest BCUT2D eigenvalue weighted by atomic mass is 16.7. The molecule has 0 aromatic heterocycles. The smallest absolute Gasteiger partial charge is 0.408 e. The van der Waals surface area contributed by atoms with E-state index >= 15 is 0 Å². The fourth-order valence-corrected chi connectivity index (χ4v) is 8.43. The van der Waals surface area contributed by atoms with Gasteiger partial charge in [-0.3, -0.25) is 4.79 Å². The van der Waals surface area contributed by atoms with Crippen LogP contribution in [0.1, 0.15) is 149 Å². The summed E-state index contributed by atoms with van der Waals surface area (Å²) in [5.74, 6) is 0.193. The van der Waals surface area contributed by atoms with Crippen molar-refractivity contribution in [2.45, 2.75) is 188 Å². The summed E-state index contributed by atoms with van der Waals surface area (Å²) in [5.41, 5.74) is 2.47. The normalized spacial score (nSPS) is 20.1. The Morgan fingerprint density at radius 1 is 0.646 bits per heavy atom. The minimum absolute atomic E-state index is 0.0652. The predicted molar refractivity (Wildman–Crippen MR) is 260 cm³/mol. The fraction of sp³-hybridized carbons (Fsp3) is 0.636. The molecular formula is C55H84N2O8. The molecule has 1 fully saturated rings. The van der Waals surface area contributed by atoms with Crippen molar-refractivity contribution >= 4 is 12.0 Å². The summed E-state index contributed by atoms with van der Waals surface area (Å²) in [4.78, 5) is 26.6. The third-order valence-corrected chi connectivity index (χ3v) is 12.7. The Hall–Kier alpha value is -3.80. The Balaban J connectivity index is 1.54. The molecule has 4 rings (SSSR count). The van der Waals surface area contributed by atoms with E-state index in [0.717, 1.165) is 36.0 Å². The van der Waals surface area contributed by atoms with Crippen LogP contribution in [0.5, 0.6) is 0 Å². The highest BCUT2D eigenvalue weighted by Crippen LogP contribution is 2.36. The summed E-state index contributed by atoms with van der Waals surface area (Å²) in [6.45, 7) is 15.7. The van der Waals surface area contributed by atoms with Gasteiger partial charge in [-0.1, -0.05) is 196 Å². The van der Waals surface area contributed by atoms with E-state index in [0.29, 0.717) is 26.4 Å². The maximum Gasteiger partial charge on any atom is 0.408 e. The first-order chi connectivity index (χ1) is 31.4. The molecule has 1 saturated heterocycles. The lowest BCUT2D eigenvalue weighted by Gasteiger charge is -2.44. The molecule has 1 aliphatic rings. The number of carbonyl (C=O) groups is 2. The van der Waals surface area contributed by atoms with Gasteiger partial charge in [-0.05, 0) is 55.7 Å². The van der Waals surface area contributed by atoms with Crippen LogP contribution in [0.2, 0.25) is 0 Å². The summed E-state index contributed by atoms with van der Waals surface area (Å²) in [6.07, 6.45) is 13.3. The van der Waals surface area contributed by atoms with Gasteiger partial charge in [0.05, 0.1) is 51.3 Å². The summed E-state index contributed by atoms with van der Waals surface area (Å²) >= 11 is 0. The number of benzene rings is 3. The van der Waals surface area contributed by atoms with Gasteiger partial charge in [0.15, 0.2) is 6.29 Å². The number of alkyl carbamates (subject to hydrolysis) is 1. The van der Waals surface area contributed by atoms with Crippen molar-refractivity contribution < 1.29 is 38.0 Å². The second-order valence-electron chi connectivity index (χ2n) is 19.3. The Morgan fingerprint density at radius 3 is 1.69 bits per heavy atom. The van der Waals surface area contributed by atoms with Crippen molar-refractivity contribution in [3.05, 3.63) is 108 Å². The van der Waals surface area contributed by atoms with Crippen molar-refractivity contribution in [3.63, 3.8) is 0 Å². The lowest BCUT2D eigenvalue weighted by Crippen LogP contribution is -2.56. The quantitative estimate of drug-likeness (QED) is 0.0614. The molecule has 0 bridgehead atoms. The molecule has 362 valence electrons. The van der Waals surface area contributed by atoms with Crippen LogP contribution in [0.15, 0.2) is 91.0 Å². The van der Waals surface area contributed by atoms with Crippen LogP contribution in [0.3, 0.4) is 0 Å². The maximum absolute atomic E-state index is 13.9. The van der Waals surface area contributed by atoms with E-state index in [1.54, 1.807) is 20.8 Å². The number of nitrogens with one attached hydrogen (secondary N) is 2. The summed E-state index contributed by atoms with van der Waals surface area (Å²) in [5, 5.41) is 5.85. The molecule has 10 heteroatoms. The van der Waals surface area contributed by atoms with E-state index in [2.05, 4.69) is 62.6 Å². The van der Waals surface area contributed by atoms with Crippen molar-refractivity contribution in [2.24, 2.45) is 17.8 Å². The number of amides is 2. The van der Waals surface area contributed by atoms with E-state index < -0.39 is 42.1 Å². The highest BCUT2D eigenvalue weighted by Gasteiger charge is 2.41. The first-order valence-corrected chi connectivity index (χ1v) is 24.9. The van der Waals surface area contributed by atoms with Gasteiger partial charge in [0.25, 0.3) is 0 Å². The molecule has 3 aromatic carbocycles. The first-order valence-electron chi connectivity index (χ1n) is 24.9. The molecule has 1 heterocycles. The van der Waals surface area contributed by atoms with Crippen LogP contribution >= 0.6 is 0 Å². The zero-order valence-electron chi connectivity index (χ0n) is 41.0. The van der Waals surface area contributed by atoms with Crippen LogP contribution in [-0.2, 0) is 53.0 Å². The topological polar surface area (TPSA) is 114 Å². The molecule has 65 heavy (non-hydrogen) atoms. The van der Waals surface area contributed by atoms with Gasteiger partial charge in [-0.25, -0.2) is 4.79 Å². The molecule has 2 N–H and O–H groups in total. The minimum Gasteiger partial charge on any atom is -0.444 e. The Morgan fingerprint density at radius 2 is 1.15 bits per heavy atom. The van der Waals surface area contributed by atoms with Gasteiger partial charge in [-0.2, -0.15) is 0 Å². The number of carbonyl (C=O) groups excluding carboxylic acids is 2. The Labute approximate surface area is 392 Å². The third kappa shape index (κ3) is 21.6. The van der Waals surface area contributed by atoms with Crippen LogP contribution in [0, 0.1) is 17.8 Å². The summed E-state index contributed by atoms with van der Waals surface area (Å²) in [7, 11) is 0. The molecule has 0 spiro atoms. The maximum atomic E-state index is 13.9. The molecule has 0 radical (unpaired) electrons. The van der Waals surface area contributed by atoms with Crippen molar-refractivity contribution in [2.75, 3.05) is 19.8 Å². The van der Waals surface area contributed by atoms with Crippen molar-refractivity contribution in [3.8, 4) is 0 Å². The van der Waals surface area contributed by atoms with Crippen LogP contribution in [0.25, 0.3) is 0 Å². The highest BCUT2D eigenvalue weighted by molar-refractivity contribution is 5.82. The number of hydrogen-bond acceptors (Lipinski definition) is 8. The van der Waals surface area contributed by atoms with Gasteiger partial charge in [0, 0.05) is 5.92 Å². The lowest BCUT2D eigenvalue weighted by atomic mass is 9.79. The average Bonchev–Trinajstić information content (AvgIpc) is 3.30. The van der Waals surface area contributed by atoms with Crippen molar-refractivity contribution in [1.82, 2.24) is 10.6 Å². The number of hydrogen-bond donors (Lipinski definition) is 2. The largest absolute Gasteiger partial charge is 0.444 e. The van der Waals surface area contributed by atoms with Gasteiger partial charge in [0.2, 0.25) is 5.91 Å². The van der Waals surface area contributed by atoms with E-state index in [4.69, 9.17) is 28.4 Å². The second-order valence-corrected chi connectivity index (χ2v) is 19.3. The van der Waals surface area contributed by atoms with Gasteiger partial charge in [-0.15, -0.1) is 0 Å². The minimum atomic E-state index is -0.708. The van der Waals surface area contributed by atoms with Crippen molar-refractivity contribution in [1.29, 1.82) is 0 Å². The standard InChI is InChI=1S/C55H84N2O8/c1-8-9-10-11-12-13-14-15-16-17-18-28-35-49(61-38-46-31-24-20-25-32-46)52(62-39-47-33-26-21-27-34-47)48(57-51(58)36-56-54(59)65-55(5,6)7)40-63-53-44(4)42(2)43(3)50(64-53)41-60-37-45-29-22-19-23-30-45/h19-27,29-34,42-44,48-50,52-53H,8-18,28,35-41H2,1-7H3,(H,56,59)(H,57,58)/t42-,43+,44?,48-,49+,50?,52-,53-/m0/s1. The summed E-state index contributed by atoms with van der Waals surface area (Å²) < 4.78 is 38.9. The second kappa shape index (κ2) is 30.5. The summed E-state index contributed by atoms with van der Waals surface area (Å²) in [6, 6.07) is 29.7. The molecule has 0 saturated carbocycles. The molecule has 10 nitrogen and oxygen atoms in total. The van der Waals surface area contributed by atoms with Gasteiger partial charge < -0.3 is 39.1 Å². The Bertz CT molecular complexity index is 1690. The number of ether oxygens (including phenoxy) is 6. The first kappa shape index (κ1) is 53.8. The van der Waals surface area contributed by atoms with E-state index in [9.17, 15) is 9.59 Å². The van der Waals surface area contributed by atoms with Crippen LogP contribution in [-0.4, -0.2) is 68.0 Å². The number of rotatable bonds is 31. The molecule has 2 unspecified atom stereocenters. The van der Waals surface area contributed by atoms with Gasteiger partial charge >= 0.3 is 6.09 Å². The molecule has 3 aromatic rings. The van der Waals surface area contributed by atoms with E-state index in [1.807, 2.05) is 66.7 Å². The molecule has 2 amide bonds. The lowest BCUT2D eigenvalue weighted by molar-refractivity contribution is -0.262. The third-order valence-electron chi connectivity index (χ3n) is 12.7. The molecular weight excluding hydrogens is 817 g/mol. The Kier molecular flexibility index (Phi) is 25.2. The zero-order chi connectivity index (χ0) is 46.7. The molecule has 1 aliphatic heterocycles. The monoisotopic (exact) mass is 901 g/mol. The SMILES string of the molecule is CCCCCCCCCCCCCC[C@@H](OCc1ccccc1)[C@@H](OCc1ccccc1)[C@H](CO[C@H]1OC(COCc2ccccc2)[C@H](C)[C@H](C)C1C)NC(=O)CNC(=O)OC(C)(C)C.